The van der Waals surface area contributed by atoms with Crippen molar-refractivity contribution in [2.24, 2.45) is 0 Å². The lowest BCUT2D eigenvalue weighted by Gasteiger charge is -2.04. The second kappa shape index (κ2) is 6.60. The normalized spacial score (nSPS) is 10.9. The van der Waals surface area contributed by atoms with Gasteiger partial charge in [-0.05, 0) is 18.2 Å². The van der Waals surface area contributed by atoms with Crippen molar-refractivity contribution in [3.8, 4) is 11.4 Å². The smallest absolute Gasteiger partial charge is 0.251 e. The van der Waals surface area contributed by atoms with Crippen molar-refractivity contribution < 1.29 is 4.79 Å². The van der Waals surface area contributed by atoms with Crippen LogP contribution in [-0.2, 0) is 6.42 Å². The number of rotatable bonds is 5. The van der Waals surface area contributed by atoms with E-state index >= 15 is 0 Å². The second-order valence-electron chi connectivity index (χ2n) is 5.76. The van der Waals surface area contributed by atoms with Gasteiger partial charge in [-0.15, -0.1) is 0 Å². The molecule has 0 radical (unpaired) electrons. The molecule has 0 saturated carbocycles. The predicted molar refractivity (Wildman–Crippen MR) is 96.2 cm³/mol. The maximum Gasteiger partial charge on any atom is 0.251 e. The Kier molecular flexibility index (Phi) is 4.00. The van der Waals surface area contributed by atoms with Crippen LogP contribution in [0.3, 0.4) is 0 Å². The molecule has 0 bridgehead atoms. The molecule has 0 aliphatic carbocycles. The number of carbonyl (C=O) groups is 1. The fourth-order valence-corrected chi connectivity index (χ4v) is 2.72. The van der Waals surface area contributed by atoms with E-state index in [0.717, 1.165) is 28.1 Å². The van der Waals surface area contributed by atoms with Gasteiger partial charge in [-0.2, -0.15) is 0 Å². The molecule has 0 unspecified atom stereocenters. The van der Waals surface area contributed by atoms with Gasteiger partial charge < -0.3 is 15.3 Å². The largest absolute Gasteiger partial charge is 0.352 e. The van der Waals surface area contributed by atoms with Crippen LogP contribution in [-0.4, -0.2) is 32.4 Å². The number of hydrogen-bond donors (Lipinski definition) is 3. The molecule has 0 spiro atoms. The third kappa shape index (κ3) is 3.28. The van der Waals surface area contributed by atoms with Crippen LogP contribution in [0, 0.1) is 0 Å². The van der Waals surface area contributed by atoms with E-state index in [-0.39, 0.29) is 5.91 Å². The Hall–Kier alpha value is -3.41. The summed E-state index contributed by atoms with van der Waals surface area (Å²) >= 11 is 0. The van der Waals surface area contributed by atoms with Crippen molar-refractivity contribution in [1.29, 1.82) is 0 Å². The van der Waals surface area contributed by atoms with Crippen LogP contribution in [0.15, 0.2) is 61.1 Å². The van der Waals surface area contributed by atoms with Gasteiger partial charge in [-0.3, -0.25) is 4.79 Å². The van der Waals surface area contributed by atoms with Crippen LogP contribution >= 0.6 is 0 Å². The zero-order valence-electron chi connectivity index (χ0n) is 13.5. The number of imidazole rings is 2. The summed E-state index contributed by atoms with van der Waals surface area (Å²) in [6, 6.07) is 15.4. The summed E-state index contributed by atoms with van der Waals surface area (Å²) in [5, 5.41) is 2.93. The molecular formula is C19H17N5O. The summed E-state index contributed by atoms with van der Waals surface area (Å²) in [4.78, 5) is 27.1. The van der Waals surface area contributed by atoms with Gasteiger partial charge in [0.2, 0.25) is 0 Å². The average molecular weight is 331 g/mol. The van der Waals surface area contributed by atoms with Gasteiger partial charge in [0.1, 0.15) is 5.82 Å². The minimum absolute atomic E-state index is 0.0979. The number of carbonyl (C=O) groups excluding carboxylic acids is 1. The van der Waals surface area contributed by atoms with E-state index in [1.165, 1.54) is 0 Å². The number of amides is 1. The van der Waals surface area contributed by atoms with Crippen LogP contribution in [0.2, 0.25) is 0 Å². The molecule has 25 heavy (non-hydrogen) atoms. The molecule has 124 valence electrons. The first-order chi connectivity index (χ1) is 12.3. The Morgan fingerprint density at radius 1 is 1.08 bits per heavy atom. The van der Waals surface area contributed by atoms with Crippen LogP contribution < -0.4 is 5.32 Å². The highest BCUT2D eigenvalue weighted by molar-refractivity contribution is 5.97. The zero-order valence-corrected chi connectivity index (χ0v) is 13.5. The lowest BCUT2D eigenvalue weighted by molar-refractivity contribution is 0.0954. The molecule has 0 saturated heterocycles. The number of aromatic amines is 2. The fraction of sp³-hybridized carbons (Fsp3) is 0.105. The molecule has 0 aliphatic heterocycles. The van der Waals surface area contributed by atoms with Crippen molar-refractivity contribution in [3.05, 3.63) is 72.3 Å². The highest BCUT2D eigenvalue weighted by atomic mass is 16.1. The van der Waals surface area contributed by atoms with E-state index in [1.54, 1.807) is 18.5 Å². The van der Waals surface area contributed by atoms with Crippen molar-refractivity contribution in [2.45, 2.75) is 6.42 Å². The Bertz CT molecular complexity index is 1000. The lowest BCUT2D eigenvalue weighted by Crippen LogP contribution is -2.25. The number of hydrogen-bond acceptors (Lipinski definition) is 3. The zero-order chi connectivity index (χ0) is 17.1. The highest BCUT2D eigenvalue weighted by Gasteiger charge is 2.08. The molecule has 6 nitrogen and oxygen atoms in total. The van der Waals surface area contributed by atoms with Crippen molar-refractivity contribution >= 4 is 16.9 Å². The predicted octanol–water partition coefficient (Wildman–Crippen LogP) is 2.93. The van der Waals surface area contributed by atoms with Gasteiger partial charge >= 0.3 is 0 Å². The molecule has 1 amide bonds. The van der Waals surface area contributed by atoms with Gasteiger partial charge in [0.05, 0.1) is 17.4 Å². The molecule has 6 heteroatoms. The Balaban J connectivity index is 1.36. The third-order valence-corrected chi connectivity index (χ3v) is 4.04. The van der Waals surface area contributed by atoms with Crippen molar-refractivity contribution in [1.82, 2.24) is 25.3 Å². The fourth-order valence-electron chi connectivity index (χ4n) is 2.72. The maximum absolute atomic E-state index is 12.3. The summed E-state index contributed by atoms with van der Waals surface area (Å²) in [7, 11) is 0. The van der Waals surface area contributed by atoms with Gasteiger partial charge in [-0.25, -0.2) is 9.97 Å². The summed E-state index contributed by atoms with van der Waals surface area (Å²) in [6.07, 6.45) is 4.12. The molecule has 0 fully saturated rings. The molecule has 0 aliphatic rings. The summed E-state index contributed by atoms with van der Waals surface area (Å²) in [5.41, 5.74) is 4.36. The molecule has 0 atom stereocenters. The van der Waals surface area contributed by atoms with Gasteiger partial charge in [0.25, 0.3) is 5.91 Å². The molecule has 3 N–H and O–H groups in total. The number of nitrogens with one attached hydrogen (secondary N) is 3. The number of H-pyrrole nitrogens is 2. The Labute approximate surface area is 144 Å². The molecular weight excluding hydrogens is 314 g/mol. The number of nitrogens with zero attached hydrogens (tertiary/aromatic N) is 2. The van der Waals surface area contributed by atoms with Crippen LogP contribution in [0.1, 0.15) is 16.1 Å². The first-order valence-corrected chi connectivity index (χ1v) is 8.10. The number of benzene rings is 2. The minimum atomic E-state index is -0.0979. The van der Waals surface area contributed by atoms with Gasteiger partial charge in [0.15, 0.2) is 0 Å². The summed E-state index contributed by atoms with van der Waals surface area (Å²) in [6.45, 7) is 0.538. The first-order valence-electron chi connectivity index (χ1n) is 8.10. The number of aromatic nitrogens is 4. The summed E-state index contributed by atoms with van der Waals surface area (Å²) in [5.74, 6) is 0.742. The standard InChI is InChI=1S/C19H17N5O/c25-19(14-6-7-16-17(10-14)23-12-22-16)20-9-8-15-11-21-18(24-15)13-4-2-1-3-5-13/h1-7,10-12H,8-9H2,(H,20,25)(H,21,24)(H,22,23). The van der Waals surface area contributed by atoms with E-state index < -0.39 is 0 Å². The SMILES string of the molecule is O=C(NCCc1cnc(-c2ccccc2)[nH]1)c1ccc2nc[nH]c2c1. The van der Waals surface area contributed by atoms with Gasteiger partial charge in [0, 0.05) is 36.0 Å². The third-order valence-electron chi connectivity index (χ3n) is 4.04. The van der Waals surface area contributed by atoms with E-state index in [9.17, 15) is 4.79 Å². The van der Waals surface area contributed by atoms with E-state index in [1.807, 2.05) is 42.6 Å². The van der Waals surface area contributed by atoms with E-state index in [2.05, 4.69) is 25.3 Å². The van der Waals surface area contributed by atoms with Crippen LogP contribution in [0.5, 0.6) is 0 Å². The highest BCUT2D eigenvalue weighted by Crippen LogP contribution is 2.15. The average Bonchev–Trinajstić information content (AvgIpc) is 3.31. The topological polar surface area (TPSA) is 86.5 Å². The minimum Gasteiger partial charge on any atom is -0.352 e. The van der Waals surface area contributed by atoms with E-state index in [0.29, 0.717) is 18.5 Å². The van der Waals surface area contributed by atoms with Gasteiger partial charge in [-0.1, -0.05) is 30.3 Å². The van der Waals surface area contributed by atoms with E-state index in [4.69, 9.17) is 0 Å². The molecule has 4 aromatic rings. The van der Waals surface area contributed by atoms with Crippen molar-refractivity contribution in [2.75, 3.05) is 6.54 Å². The Morgan fingerprint density at radius 2 is 1.96 bits per heavy atom. The maximum atomic E-state index is 12.3. The van der Waals surface area contributed by atoms with Crippen LogP contribution in [0.25, 0.3) is 22.4 Å². The first kappa shape index (κ1) is 15.1. The quantitative estimate of drug-likeness (QED) is 0.525. The van der Waals surface area contributed by atoms with Crippen molar-refractivity contribution in [3.63, 3.8) is 0 Å². The second-order valence-corrected chi connectivity index (χ2v) is 5.76. The number of fused-ring (bicyclic) bond motifs is 1. The lowest BCUT2D eigenvalue weighted by atomic mass is 10.2. The molecule has 2 aromatic heterocycles. The Morgan fingerprint density at radius 3 is 2.84 bits per heavy atom. The summed E-state index contributed by atoms with van der Waals surface area (Å²) < 4.78 is 0. The molecule has 2 heterocycles. The monoisotopic (exact) mass is 331 g/mol. The molecule has 4 rings (SSSR count). The molecule has 2 aromatic carbocycles. The van der Waals surface area contributed by atoms with Crippen LogP contribution in [0.4, 0.5) is 0 Å².